The van der Waals surface area contributed by atoms with E-state index >= 15 is 0 Å². The molecule has 0 aliphatic rings. The molecule has 0 aliphatic heterocycles. The van der Waals surface area contributed by atoms with Crippen LogP contribution in [0.5, 0.6) is 0 Å². The van der Waals surface area contributed by atoms with Gasteiger partial charge in [-0.3, -0.25) is 9.59 Å². The topological polar surface area (TPSA) is 63.6 Å². The molecule has 4 nitrogen and oxygen atoms in total. The molecule has 1 unspecified atom stereocenters. The highest BCUT2D eigenvalue weighted by atomic mass is 16.5. The minimum atomic E-state index is -1.69. The molecule has 0 aromatic heterocycles. The van der Waals surface area contributed by atoms with Crippen LogP contribution in [-0.4, -0.2) is 23.7 Å². The van der Waals surface area contributed by atoms with Gasteiger partial charge < -0.3 is 9.84 Å². The van der Waals surface area contributed by atoms with Crippen LogP contribution in [0.4, 0.5) is 0 Å². The second kappa shape index (κ2) is 7.07. The average molecular weight is 290 g/mol. The molecule has 0 amide bonds. The van der Waals surface area contributed by atoms with Crippen molar-refractivity contribution in [2.45, 2.75) is 39.5 Å². The summed E-state index contributed by atoms with van der Waals surface area (Å²) in [6.07, 6.45) is 1.83. The van der Waals surface area contributed by atoms with E-state index in [-0.39, 0.29) is 13.0 Å². The largest absolute Gasteiger partial charge is 0.480 e. The van der Waals surface area contributed by atoms with E-state index in [0.29, 0.717) is 5.56 Å². The molecule has 114 valence electrons. The van der Waals surface area contributed by atoms with Crippen LogP contribution in [0, 0.1) is 6.92 Å². The predicted molar refractivity (Wildman–Crippen MR) is 81.2 cm³/mol. The van der Waals surface area contributed by atoms with Crippen molar-refractivity contribution in [3.05, 3.63) is 47.0 Å². The maximum absolute atomic E-state index is 12.4. The Morgan fingerprint density at radius 1 is 1.24 bits per heavy atom. The first-order valence-electron chi connectivity index (χ1n) is 6.95. The summed E-state index contributed by atoms with van der Waals surface area (Å²) in [5, 5.41) is 9.73. The van der Waals surface area contributed by atoms with Gasteiger partial charge in [-0.2, -0.15) is 0 Å². The molecule has 1 N–H and O–H groups in total. The number of carbonyl (C=O) groups excluding carboxylic acids is 1. The quantitative estimate of drug-likeness (QED) is 0.496. The molecule has 1 aromatic carbocycles. The number of hydrogen-bond donors (Lipinski definition) is 1. The first kappa shape index (κ1) is 17.0. The first-order chi connectivity index (χ1) is 9.84. The van der Waals surface area contributed by atoms with E-state index in [1.54, 1.807) is 37.3 Å². The van der Waals surface area contributed by atoms with Gasteiger partial charge in [0.05, 0.1) is 6.61 Å². The van der Waals surface area contributed by atoms with Crippen LogP contribution in [0.1, 0.15) is 38.3 Å². The summed E-state index contributed by atoms with van der Waals surface area (Å²) >= 11 is 0. The number of aliphatic carboxylic acids is 1. The van der Waals surface area contributed by atoms with Gasteiger partial charge in [0.15, 0.2) is 5.41 Å². The molecule has 0 saturated heterocycles. The third-order valence-electron chi connectivity index (χ3n) is 3.35. The summed E-state index contributed by atoms with van der Waals surface area (Å²) in [5.74, 6) is -1.92. The molecular formula is C17H22O4. The van der Waals surface area contributed by atoms with Crippen molar-refractivity contribution < 1.29 is 19.4 Å². The lowest BCUT2D eigenvalue weighted by molar-refractivity contribution is -0.161. The van der Waals surface area contributed by atoms with E-state index in [0.717, 1.165) is 11.1 Å². The number of aryl methyl sites for hydroxylation is 1. The van der Waals surface area contributed by atoms with E-state index < -0.39 is 17.4 Å². The second-order valence-electron chi connectivity index (χ2n) is 5.28. The van der Waals surface area contributed by atoms with Crippen LogP contribution >= 0.6 is 0 Å². The number of rotatable bonds is 6. The minimum Gasteiger partial charge on any atom is -0.480 e. The van der Waals surface area contributed by atoms with E-state index in [2.05, 4.69) is 0 Å². The third kappa shape index (κ3) is 3.72. The van der Waals surface area contributed by atoms with Crippen LogP contribution in [0.15, 0.2) is 35.9 Å². The Kier molecular flexibility index (Phi) is 5.70. The van der Waals surface area contributed by atoms with Gasteiger partial charge in [0.25, 0.3) is 0 Å². The van der Waals surface area contributed by atoms with E-state index in [9.17, 15) is 14.7 Å². The van der Waals surface area contributed by atoms with Crippen LogP contribution in [0.25, 0.3) is 0 Å². The molecule has 0 spiro atoms. The number of carboxylic acids is 1. The molecule has 0 fully saturated rings. The zero-order chi connectivity index (χ0) is 16.0. The molecule has 1 aromatic rings. The normalized spacial score (nSPS) is 13.1. The summed E-state index contributed by atoms with van der Waals surface area (Å²) in [4.78, 5) is 24.3. The van der Waals surface area contributed by atoms with Crippen molar-refractivity contribution in [3.8, 4) is 0 Å². The summed E-state index contributed by atoms with van der Waals surface area (Å²) in [7, 11) is 0. The maximum Gasteiger partial charge on any atom is 0.328 e. The monoisotopic (exact) mass is 290 g/mol. The molecular weight excluding hydrogens is 268 g/mol. The zero-order valence-electron chi connectivity index (χ0n) is 13.0. The average Bonchev–Trinajstić information content (AvgIpc) is 2.41. The van der Waals surface area contributed by atoms with E-state index in [4.69, 9.17) is 4.74 Å². The van der Waals surface area contributed by atoms with Crippen LogP contribution in [0.3, 0.4) is 0 Å². The van der Waals surface area contributed by atoms with Gasteiger partial charge >= 0.3 is 11.9 Å². The van der Waals surface area contributed by atoms with Gasteiger partial charge in [0.2, 0.25) is 0 Å². The summed E-state index contributed by atoms with van der Waals surface area (Å²) in [5.41, 5.74) is 0.707. The Balaban J connectivity index is 3.42. The minimum absolute atomic E-state index is 0.0760. The van der Waals surface area contributed by atoms with Crippen molar-refractivity contribution in [1.82, 2.24) is 0 Å². The SMILES string of the molecule is CCOC(=O)C(CC=C(C)C)(C(=O)O)c1ccc(C)cc1. The molecule has 0 saturated carbocycles. The van der Waals surface area contributed by atoms with Crippen molar-refractivity contribution in [3.63, 3.8) is 0 Å². The zero-order valence-corrected chi connectivity index (χ0v) is 13.0. The lowest BCUT2D eigenvalue weighted by Gasteiger charge is -2.27. The predicted octanol–water partition coefficient (Wildman–Crippen LogP) is 3.24. The standard InChI is InChI=1S/C17H22O4/c1-5-21-16(20)17(15(18)19,11-10-12(2)3)14-8-6-13(4)7-9-14/h6-10H,5,11H2,1-4H3,(H,18,19). The Morgan fingerprint density at radius 2 is 1.81 bits per heavy atom. The van der Waals surface area contributed by atoms with E-state index in [1.807, 2.05) is 20.8 Å². The lowest BCUT2D eigenvalue weighted by Crippen LogP contribution is -2.44. The van der Waals surface area contributed by atoms with Crippen molar-refractivity contribution in [2.24, 2.45) is 0 Å². The first-order valence-corrected chi connectivity index (χ1v) is 6.95. The Morgan fingerprint density at radius 3 is 2.24 bits per heavy atom. The summed E-state index contributed by atoms with van der Waals surface area (Å²) in [6.45, 7) is 7.46. The van der Waals surface area contributed by atoms with E-state index in [1.165, 1.54) is 0 Å². The number of benzene rings is 1. The fourth-order valence-electron chi connectivity index (χ4n) is 2.07. The molecule has 0 bridgehead atoms. The van der Waals surface area contributed by atoms with Gasteiger partial charge in [-0.05, 0) is 39.7 Å². The van der Waals surface area contributed by atoms with Crippen molar-refractivity contribution in [1.29, 1.82) is 0 Å². The molecule has 21 heavy (non-hydrogen) atoms. The molecule has 0 heterocycles. The smallest absolute Gasteiger partial charge is 0.328 e. The Hall–Kier alpha value is -2.10. The third-order valence-corrected chi connectivity index (χ3v) is 3.35. The number of hydrogen-bond acceptors (Lipinski definition) is 3. The van der Waals surface area contributed by atoms with Gasteiger partial charge in [-0.1, -0.05) is 41.5 Å². The lowest BCUT2D eigenvalue weighted by atomic mass is 9.77. The highest BCUT2D eigenvalue weighted by Gasteiger charge is 2.48. The second-order valence-corrected chi connectivity index (χ2v) is 5.28. The highest BCUT2D eigenvalue weighted by molar-refractivity contribution is 6.05. The number of ether oxygens (including phenoxy) is 1. The number of carboxylic acid groups (broad SMARTS) is 1. The molecule has 0 radical (unpaired) electrons. The van der Waals surface area contributed by atoms with Crippen molar-refractivity contribution >= 4 is 11.9 Å². The maximum atomic E-state index is 12.4. The molecule has 0 aliphatic carbocycles. The summed E-state index contributed by atoms with van der Waals surface area (Å²) < 4.78 is 5.04. The molecule has 4 heteroatoms. The highest BCUT2D eigenvalue weighted by Crippen LogP contribution is 2.32. The van der Waals surface area contributed by atoms with Crippen LogP contribution in [-0.2, 0) is 19.7 Å². The van der Waals surface area contributed by atoms with Gasteiger partial charge in [0, 0.05) is 0 Å². The van der Waals surface area contributed by atoms with Crippen LogP contribution < -0.4 is 0 Å². The van der Waals surface area contributed by atoms with Gasteiger partial charge in [0.1, 0.15) is 0 Å². The fourth-order valence-corrected chi connectivity index (χ4v) is 2.07. The van der Waals surface area contributed by atoms with Crippen LogP contribution in [0.2, 0.25) is 0 Å². The molecule has 1 rings (SSSR count). The number of allylic oxidation sites excluding steroid dienone is 2. The molecule has 1 atom stereocenters. The Labute approximate surface area is 125 Å². The fraction of sp³-hybridized carbons (Fsp3) is 0.412. The number of esters is 1. The Bertz CT molecular complexity index is 538. The van der Waals surface area contributed by atoms with Gasteiger partial charge in [-0.25, -0.2) is 0 Å². The number of carbonyl (C=O) groups is 2. The summed E-state index contributed by atoms with van der Waals surface area (Å²) in [6, 6.07) is 6.96. The van der Waals surface area contributed by atoms with Crippen molar-refractivity contribution in [2.75, 3.05) is 6.61 Å². The van der Waals surface area contributed by atoms with Gasteiger partial charge in [-0.15, -0.1) is 0 Å².